The van der Waals surface area contributed by atoms with Gasteiger partial charge < -0.3 is 15.6 Å². The Kier molecular flexibility index (Phi) is 3.40. The van der Waals surface area contributed by atoms with E-state index in [1.54, 1.807) is 0 Å². The Bertz CT molecular complexity index is 381. The van der Waals surface area contributed by atoms with E-state index in [1.165, 1.54) is 0 Å². The number of hydrogen-bond acceptors (Lipinski definition) is 3. The largest absolute Gasteiger partial charge is 0.490 e. The van der Waals surface area contributed by atoms with Crippen LogP contribution in [0.4, 0.5) is 0 Å². The van der Waals surface area contributed by atoms with Crippen LogP contribution < -0.4 is 10.5 Å². The fourth-order valence-electron chi connectivity index (χ4n) is 2.19. The van der Waals surface area contributed by atoms with Crippen LogP contribution in [0, 0.1) is 19.8 Å². The molecule has 0 aromatic heterocycles. The first kappa shape index (κ1) is 12.4. The van der Waals surface area contributed by atoms with Crippen LogP contribution in [0.5, 0.6) is 5.75 Å². The Hall–Kier alpha value is -1.06. The smallest absolute Gasteiger partial charge is 0.125 e. The molecule has 17 heavy (non-hydrogen) atoms. The maximum absolute atomic E-state index is 10.4. The first-order valence-electron chi connectivity index (χ1n) is 6.18. The number of aliphatic hydroxyl groups is 1. The second-order valence-electron chi connectivity index (χ2n) is 5.09. The van der Waals surface area contributed by atoms with Crippen LogP contribution >= 0.6 is 0 Å². The molecule has 0 radical (unpaired) electrons. The van der Waals surface area contributed by atoms with Crippen molar-refractivity contribution in [3.05, 3.63) is 29.3 Å². The maximum atomic E-state index is 10.4. The summed E-state index contributed by atoms with van der Waals surface area (Å²) in [7, 11) is 0. The van der Waals surface area contributed by atoms with Crippen LogP contribution in [-0.2, 0) is 0 Å². The van der Waals surface area contributed by atoms with Crippen molar-refractivity contribution in [2.24, 2.45) is 11.7 Å². The van der Waals surface area contributed by atoms with Crippen molar-refractivity contribution in [1.29, 1.82) is 0 Å². The summed E-state index contributed by atoms with van der Waals surface area (Å²) in [5, 5.41) is 10.4. The summed E-state index contributed by atoms with van der Waals surface area (Å²) < 4.78 is 5.79. The predicted molar refractivity (Wildman–Crippen MR) is 68.1 cm³/mol. The average Bonchev–Trinajstić information content (AvgIpc) is 3.12. The molecule has 1 atom stereocenters. The molecule has 94 valence electrons. The summed E-state index contributed by atoms with van der Waals surface area (Å²) in [5.41, 5.74) is 7.00. The summed E-state index contributed by atoms with van der Waals surface area (Å²) in [6, 6.07) is 6.04. The minimum Gasteiger partial charge on any atom is -0.490 e. The molecule has 3 N–H and O–H groups in total. The zero-order valence-electron chi connectivity index (χ0n) is 10.6. The zero-order valence-corrected chi connectivity index (χ0v) is 10.6. The fourth-order valence-corrected chi connectivity index (χ4v) is 2.19. The highest BCUT2D eigenvalue weighted by atomic mass is 16.5. The van der Waals surface area contributed by atoms with Crippen LogP contribution in [0.2, 0.25) is 0 Å². The number of benzene rings is 1. The normalized spacial score (nSPS) is 18.8. The Morgan fingerprint density at radius 3 is 2.41 bits per heavy atom. The summed E-state index contributed by atoms with van der Waals surface area (Å²) in [6.07, 6.45) is 2.12. The highest BCUT2D eigenvalue weighted by Gasteiger charge is 2.43. The van der Waals surface area contributed by atoms with E-state index in [9.17, 15) is 5.11 Å². The fraction of sp³-hybridized carbons (Fsp3) is 0.571. The van der Waals surface area contributed by atoms with Crippen molar-refractivity contribution in [3.63, 3.8) is 0 Å². The van der Waals surface area contributed by atoms with Crippen LogP contribution in [-0.4, -0.2) is 23.9 Å². The number of rotatable bonds is 5. The van der Waals surface area contributed by atoms with Crippen LogP contribution in [0.15, 0.2) is 18.2 Å². The van der Waals surface area contributed by atoms with Crippen LogP contribution in [0.3, 0.4) is 0 Å². The second kappa shape index (κ2) is 4.67. The molecule has 0 saturated heterocycles. The minimum absolute atomic E-state index is 0.266. The molecular weight excluding hydrogens is 214 g/mol. The Morgan fingerprint density at radius 2 is 1.94 bits per heavy atom. The van der Waals surface area contributed by atoms with Crippen molar-refractivity contribution in [1.82, 2.24) is 0 Å². The molecule has 1 aliphatic carbocycles. The van der Waals surface area contributed by atoms with Crippen LogP contribution in [0.1, 0.15) is 24.0 Å². The first-order valence-corrected chi connectivity index (χ1v) is 6.18. The van der Waals surface area contributed by atoms with E-state index >= 15 is 0 Å². The molecule has 0 amide bonds. The minimum atomic E-state index is -0.852. The number of para-hydroxylation sites is 1. The van der Waals surface area contributed by atoms with Gasteiger partial charge in [0, 0.05) is 6.54 Å². The third-order valence-electron chi connectivity index (χ3n) is 3.57. The molecule has 1 aliphatic rings. The Morgan fingerprint density at radius 1 is 1.35 bits per heavy atom. The van der Waals surface area contributed by atoms with E-state index in [-0.39, 0.29) is 6.54 Å². The van der Waals surface area contributed by atoms with Crippen molar-refractivity contribution >= 4 is 0 Å². The molecule has 3 nitrogen and oxygen atoms in total. The molecule has 0 spiro atoms. The van der Waals surface area contributed by atoms with E-state index in [1.807, 2.05) is 32.0 Å². The van der Waals surface area contributed by atoms with Gasteiger partial charge in [0.15, 0.2) is 0 Å². The van der Waals surface area contributed by atoms with Gasteiger partial charge in [0.1, 0.15) is 18.0 Å². The standard InChI is InChI=1S/C14H21NO2/c1-10-4-3-5-11(2)13(10)17-9-14(16,8-15)12-6-7-12/h3-5,12,16H,6-9,15H2,1-2H3. The van der Waals surface area contributed by atoms with Crippen molar-refractivity contribution in [3.8, 4) is 5.75 Å². The van der Waals surface area contributed by atoms with E-state index in [0.29, 0.717) is 12.5 Å². The van der Waals surface area contributed by atoms with Gasteiger partial charge in [0.2, 0.25) is 0 Å². The second-order valence-corrected chi connectivity index (χ2v) is 5.09. The highest BCUT2D eigenvalue weighted by molar-refractivity contribution is 5.39. The van der Waals surface area contributed by atoms with Gasteiger partial charge in [-0.05, 0) is 43.7 Å². The molecule has 0 bridgehead atoms. The number of hydrogen-bond donors (Lipinski definition) is 2. The molecule has 1 fully saturated rings. The maximum Gasteiger partial charge on any atom is 0.125 e. The number of aryl methyl sites for hydroxylation is 2. The van der Waals surface area contributed by atoms with E-state index in [4.69, 9.17) is 10.5 Å². The molecule has 3 heteroatoms. The predicted octanol–water partition coefficient (Wildman–Crippen LogP) is 1.78. The lowest BCUT2D eigenvalue weighted by atomic mass is 9.99. The van der Waals surface area contributed by atoms with Gasteiger partial charge in [-0.1, -0.05) is 18.2 Å². The summed E-state index contributed by atoms with van der Waals surface area (Å²) in [6.45, 7) is 4.59. The molecule has 1 aromatic rings. The zero-order chi connectivity index (χ0) is 12.5. The topological polar surface area (TPSA) is 55.5 Å². The van der Waals surface area contributed by atoms with E-state index < -0.39 is 5.60 Å². The number of ether oxygens (including phenoxy) is 1. The summed E-state index contributed by atoms with van der Waals surface area (Å²) in [5.74, 6) is 1.19. The quantitative estimate of drug-likeness (QED) is 0.818. The van der Waals surface area contributed by atoms with E-state index in [2.05, 4.69) is 0 Å². The summed E-state index contributed by atoms with van der Waals surface area (Å²) in [4.78, 5) is 0. The van der Waals surface area contributed by atoms with Gasteiger partial charge >= 0.3 is 0 Å². The lowest BCUT2D eigenvalue weighted by Crippen LogP contribution is -2.45. The van der Waals surface area contributed by atoms with E-state index in [0.717, 1.165) is 29.7 Å². The van der Waals surface area contributed by atoms with Gasteiger partial charge in [0.05, 0.1) is 0 Å². The molecular formula is C14H21NO2. The lowest BCUT2D eigenvalue weighted by molar-refractivity contribution is -0.0165. The SMILES string of the molecule is Cc1cccc(C)c1OCC(O)(CN)C1CC1. The Balaban J connectivity index is 2.06. The Labute approximate surface area is 103 Å². The first-order chi connectivity index (χ1) is 8.07. The molecule has 0 heterocycles. The summed E-state index contributed by atoms with van der Waals surface area (Å²) >= 11 is 0. The van der Waals surface area contributed by atoms with Crippen LogP contribution in [0.25, 0.3) is 0 Å². The molecule has 1 saturated carbocycles. The van der Waals surface area contributed by atoms with Gasteiger partial charge in [0.25, 0.3) is 0 Å². The van der Waals surface area contributed by atoms with Gasteiger partial charge in [-0.3, -0.25) is 0 Å². The molecule has 2 rings (SSSR count). The van der Waals surface area contributed by atoms with Crippen molar-refractivity contribution in [2.75, 3.05) is 13.2 Å². The third-order valence-corrected chi connectivity index (χ3v) is 3.57. The van der Waals surface area contributed by atoms with Crippen molar-refractivity contribution < 1.29 is 9.84 Å². The van der Waals surface area contributed by atoms with Gasteiger partial charge in [-0.2, -0.15) is 0 Å². The van der Waals surface area contributed by atoms with Gasteiger partial charge in [-0.25, -0.2) is 0 Å². The monoisotopic (exact) mass is 235 g/mol. The highest BCUT2D eigenvalue weighted by Crippen LogP contribution is 2.39. The van der Waals surface area contributed by atoms with Crippen molar-refractivity contribution in [2.45, 2.75) is 32.3 Å². The third kappa shape index (κ3) is 2.61. The molecule has 1 unspecified atom stereocenters. The molecule has 0 aliphatic heterocycles. The lowest BCUT2D eigenvalue weighted by Gasteiger charge is -2.27. The number of nitrogens with two attached hydrogens (primary N) is 1. The van der Waals surface area contributed by atoms with Gasteiger partial charge in [-0.15, -0.1) is 0 Å². The molecule has 1 aromatic carbocycles. The average molecular weight is 235 g/mol.